The molecule has 0 aromatic heterocycles. The molecule has 0 heterocycles. The summed E-state index contributed by atoms with van der Waals surface area (Å²) in [5.74, 6) is 0.0966. The smallest absolute Gasteiger partial charge is 0.246 e. The van der Waals surface area contributed by atoms with Gasteiger partial charge in [-0.2, -0.15) is 0 Å². The van der Waals surface area contributed by atoms with E-state index in [-0.39, 0.29) is 23.9 Å². The van der Waals surface area contributed by atoms with Crippen LogP contribution in [0, 0.1) is 0 Å². The van der Waals surface area contributed by atoms with E-state index in [2.05, 4.69) is 5.32 Å². The minimum atomic E-state index is 0.0319. The normalized spacial score (nSPS) is 23.1. The van der Waals surface area contributed by atoms with Crippen LogP contribution in [0.1, 0.15) is 32.6 Å². The molecule has 0 bridgehead atoms. The quantitative estimate of drug-likeness (QED) is 0.765. The summed E-state index contributed by atoms with van der Waals surface area (Å²) in [6.07, 6.45) is 7.34. The SMILES string of the molecule is CC(=O)NC1CCC(N(C)C(=O)/C=C/CN(C)C)CC1. The molecule has 0 aliphatic heterocycles. The van der Waals surface area contributed by atoms with E-state index in [0.717, 1.165) is 32.2 Å². The lowest BCUT2D eigenvalue weighted by Crippen LogP contribution is -2.43. The van der Waals surface area contributed by atoms with E-state index in [9.17, 15) is 9.59 Å². The van der Waals surface area contributed by atoms with Crippen LogP contribution in [0.5, 0.6) is 0 Å². The van der Waals surface area contributed by atoms with Crippen molar-refractivity contribution in [3.05, 3.63) is 12.2 Å². The fourth-order valence-electron chi connectivity index (χ4n) is 2.56. The average Bonchev–Trinajstić information content (AvgIpc) is 2.37. The molecule has 114 valence electrons. The van der Waals surface area contributed by atoms with Crippen molar-refractivity contribution in [3.8, 4) is 0 Å². The van der Waals surface area contributed by atoms with Crippen molar-refractivity contribution in [1.29, 1.82) is 0 Å². The van der Waals surface area contributed by atoms with Crippen LogP contribution in [-0.2, 0) is 9.59 Å². The number of hydrogen-bond acceptors (Lipinski definition) is 3. The van der Waals surface area contributed by atoms with Gasteiger partial charge < -0.3 is 15.1 Å². The molecule has 1 saturated carbocycles. The topological polar surface area (TPSA) is 52.7 Å². The lowest BCUT2D eigenvalue weighted by Gasteiger charge is -2.34. The van der Waals surface area contributed by atoms with Crippen LogP contribution in [0.2, 0.25) is 0 Å². The third kappa shape index (κ3) is 5.74. The Kier molecular flexibility index (Phi) is 6.71. The Morgan fingerprint density at radius 1 is 1.15 bits per heavy atom. The molecule has 20 heavy (non-hydrogen) atoms. The lowest BCUT2D eigenvalue weighted by atomic mass is 9.90. The van der Waals surface area contributed by atoms with Gasteiger partial charge in [0.15, 0.2) is 0 Å². The first-order valence-electron chi connectivity index (χ1n) is 7.25. The Balaban J connectivity index is 2.38. The standard InChI is InChI=1S/C15H27N3O2/c1-12(19)16-13-7-9-14(10-8-13)18(4)15(20)6-5-11-17(2)3/h5-6,13-14H,7-11H2,1-4H3,(H,16,19)/b6-5+. The Morgan fingerprint density at radius 2 is 1.75 bits per heavy atom. The van der Waals surface area contributed by atoms with Gasteiger partial charge in [-0.15, -0.1) is 0 Å². The van der Waals surface area contributed by atoms with E-state index >= 15 is 0 Å². The zero-order chi connectivity index (χ0) is 15.1. The zero-order valence-electron chi connectivity index (χ0n) is 13.1. The van der Waals surface area contributed by atoms with E-state index in [4.69, 9.17) is 0 Å². The van der Waals surface area contributed by atoms with Gasteiger partial charge in [-0.3, -0.25) is 9.59 Å². The van der Waals surface area contributed by atoms with Crippen molar-refractivity contribution in [3.63, 3.8) is 0 Å². The second-order valence-electron chi connectivity index (χ2n) is 5.82. The number of nitrogens with one attached hydrogen (secondary N) is 1. The molecule has 0 spiro atoms. The second kappa shape index (κ2) is 8.04. The van der Waals surface area contributed by atoms with Crippen LogP contribution in [0.25, 0.3) is 0 Å². The summed E-state index contributed by atoms with van der Waals surface area (Å²) in [4.78, 5) is 26.9. The molecule has 2 amide bonds. The van der Waals surface area contributed by atoms with Gasteiger partial charge in [0, 0.05) is 38.7 Å². The van der Waals surface area contributed by atoms with Gasteiger partial charge in [0.1, 0.15) is 0 Å². The van der Waals surface area contributed by atoms with Gasteiger partial charge in [0.05, 0.1) is 0 Å². The van der Waals surface area contributed by atoms with Crippen molar-refractivity contribution in [1.82, 2.24) is 15.1 Å². The number of likely N-dealkylation sites (N-methyl/N-ethyl adjacent to an activating group) is 2. The van der Waals surface area contributed by atoms with Gasteiger partial charge in [-0.25, -0.2) is 0 Å². The molecular weight excluding hydrogens is 254 g/mol. The van der Waals surface area contributed by atoms with E-state index < -0.39 is 0 Å². The summed E-state index contributed by atoms with van der Waals surface area (Å²) in [7, 11) is 5.81. The van der Waals surface area contributed by atoms with Crippen molar-refractivity contribution < 1.29 is 9.59 Å². The molecule has 0 aromatic rings. The average molecular weight is 281 g/mol. The lowest BCUT2D eigenvalue weighted by molar-refractivity contribution is -0.128. The van der Waals surface area contributed by atoms with E-state index in [1.165, 1.54) is 0 Å². The van der Waals surface area contributed by atoms with Crippen molar-refractivity contribution in [2.75, 3.05) is 27.7 Å². The van der Waals surface area contributed by atoms with E-state index in [1.807, 2.05) is 37.0 Å². The predicted octanol–water partition coefficient (Wildman–Crippen LogP) is 1.01. The highest BCUT2D eigenvalue weighted by atomic mass is 16.2. The molecule has 1 aliphatic carbocycles. The van der Waals surface area contributed by atoms with Crippen molar-refractivity contribution in [2.45, 2.75) is 44.7 Å². The Hall–Kier alpha value is -1.36. The molecule has 0 radical (unpaired) electrons. The first-order valence-corrected chi connectivity index (χ1v) is 7.25. The maximum Gasteiger partial charge on any atom is 0.246 e. The zero-order valence-corrected chi connectivity index (χ0v) is 13.1. The second-order valence-corrected chi connectivity index (χ2v) is 5.82. The van der Waals surface area contributed by atoms with Gasteiger partial charge in [0.25, 0.3) is 0 Å². The van der Waals surface area contributed by atoms with Gasteiger partial charge in [-0.05, 0) is 39.8 Å². The molecule has 5 nitrogen and oxygen atoms in total. The first-order chi connectivity index (χ1) is 9.40. The van der Waals surface area contributed by atoms with Crippen LogP contribution in [0.15, 0.2) is 12.2 Å². The number of amides is 2. The molecule has 1 N–H and O–H groups in total. The van der Waals surface area contributed by atoms with Crippen LogP contribution in [0.3, 0.4) is 0 Å². The number of rotatable bonds is 5. The molecule has 0 aromatic carbocycles. The van der Waals surface area contributed by atoms with Crippen molar-refractivity contribution >= 4 is 11.8 Å². The molecule has 1 rings (SSSR count). The Morgan fingerprint density at radius 3 is 2.25 bits per heavy atom. The third-order valence-electron chi connectivity index (χ3n) is 3.73. The number of nitrogens with zero attached hydrogens (tertiary/aromatic N) is 2. The highest BCUT2D eigenvalue weighted by Gasteiger charge is 2.25. The van der Waals surface area contributed by atoms with Gasteiger partial charge in [0.2, 0.25) is 11.8 Å². The fourth-order valence-corrected chi connectivity index (χ4v) is 2.56. The maximum atomic E-state index is 12.0. The van der Waals surface area contributed by atoms with Crippen LogP contribution < -0.4 is 5.32 Å². The summed E-state index contributed by atoms with van der Waals surface area (Å²) in [5.41, 5.74) is 0. The molecule has 1 aliphatic rings. The highest BCUT2D eigenvalue weighted by molar-refractivity contribution is 5.87. The summed E-state index contributed by atoms with van der Waals surface area (Å²) >= 11 is 0. The van der Waals surface area contributed by atoms with Gasteiger partial charge in [-0.1, -0.05) is 6.08 Å². The number of carbonyl (C=O) groups excluding carboxylic acids is 2. The molecule has 0 atom stereocenters. The van der Waals surface area contributed by atoms with Crippen molar-refractivity contribution in [2.24, 2.45) is 0 Å². The molecule has 1 fully saturated rings. The first kappa shape index (κ1) is 16.7. The molecule has 0 saturated heterocycles. The Labute approximate surface area is 122 Å². The largest absolute Gasteiger partial charge is 0.354 e. The van der Waals surface area contributed by atoms with E-state index in [1.54, 1.807) is 13.0 Å². The van der Waals surface area contributed by atoms with Crippen LogP contribution >= 0.6 is 0 Å². The van der Waals surface area contributed by atoms with Crippen LogP contribution in [0.4, 0.5) is 0 Å². The predicted molar refractivity (Wildman–Crippen MR) is 80.3 cm³/mol. The fraction of sp³-hybridized carbons (Fsp3) is 0.733. The Bertz CT molecular complexity index is 358. The summed E-state index contributed by atoms with van der Waals surface area (Å²) in [6.45, 7) is 2.33. The molecule has 5 heteroatoms. The number of hydrogen-bond donors (Lipinski definition) is 1. The summed E-state index contributed by atoms with van der Waals surface area (Å²) in [6, 6.07) is 0.563. The van der Waals surface area contributed by atoms with E-state index in [0.29, 0.717) is 0 Å². The number of carbonyl (C=O) groups is 2. The minimum Gasteiger partial charge on any atom is -0.354 e. The van der Waals surface area contributed by atoms with Gasteiger partial charge >= 0.3 is 0 Å². The third-order valence-corrected chi connectivity index (χ3v) is 3.73. The minimum absolute atomic E-state index is 0.0319. The molecular formula is C15H27N3O2. The molecule has 0 unspecified atom stereocenters. The summed E-state index contributed by atoms with van der Waals surface area (Å²) < 4.78 is 0. The maximum absolute atomic E-state index is 12.0. The monoisotopic (exact) mass is 281 g/mol. The van der Waals surface area contributed by atoms with Crippen LogP contribution in [-0.4, -0.2) is 61.4 Å². The summed E-state index contributed by atoms with van der Waals surface area (Å²) in [5, 5.41) is 2.96. The highest BCUT2D eigenvalue weighted by Crippen LogP contribution is 2.22.